The summed E-state index contributed by atoms with van der Waals surface area (Å²) < 4.78 is 10.1. The van der Waals surface area contributed by atoms with Crippen LogP contribution in [0.1, 0.15) is 58.4 Å². The molecule has 6 nitrogen and oxygen atoms in total. The van der Waals surface area contributed by atoms with E-state index >= 15 is 0 Å². The van der Waals surface area contributed by atoms with Crippen LogP contribution in [-0.2, 0) is 0 Å². The van der Waals surface area contributed by atoms with E-state index in [1.165, 1.54) is 58.4 Å². The number of aryl methyl sites for hydroxylation is 8. The fourth-order valence-corrected chi connectivity index (χ4v) is 12.6. The molecule has 0 fully saturated rings. The Morgan fingerprint density at radius 3 is 0.659 bits per heavy atom. The standard InChI is InChI=1S/C28H38N4Si.2C2H3N.2BrH/c1-21-9-22(2)14-29(13-21)33(30-15-23(3)10-24(4)16-30,31-17-25(5)11-26(6)18-31)32-19-27(7)12-28(8)20-32;2*1-2-3;;/h9-20H,33H2,1-8H3;2*1H3;2*1H/q+2;;;;/p-2. The van der Waals surface area contributed by atoms with Gasteiger partial charge in [0.1, 0.15) is 0 Å². The average Bonchev–Trinajstić information content (AvgIpc) is 2.78. The molecular formula is C32H44Br2N6Si. The van der Waals surface area contributed by atoms with Gasteiger partial charge < -0.3 is 34.0 Å². The zero-order chi connectivity index (χ0) is 29.3. The molecule has 0 spiro atoms. The summed E-state index contributed by atoms with van der Waals surface area (Å²) in [5.74, 6) is 0. The van der Waals surface area contributed by atoms with Crippen LogP contribution in [0.15, 0.2) is 73.8 Å². The van der Waals surface area contributed by atoms with Gasteiger partial charge in [-0.2, -0.15) is 10.5 Å². The summed E-state index contributed by atoms with van der Waals surface area (Å²) >= 11 is 0. The van der Waals surface area contributed by atoms with Gasteiger partial charge in [-0.05, 0) is 0 Å². The predicted octanol–water partition coefficient (Wildman–Crippen LogP) is -2.24. The molecule has 0 aliphatic rings. The predicted molar refractivity (Wildman–Crippen MR) is 157 cm³/mol. The molecule has 0 atom stereocenters. The molecule has 4 heterocycles. The Balaban J connectivity index is 0.00000184. The summed E-state index contributed by atoms with van der Waals surface area (Å²) in [6, 6.07) is 12.5. The molecule has 9 heteroatoms. The van der Waals surface area contributed by atoms with Crippen LogP contribution in [0.25, 0.3) is 0 Å². The van der Waals surface area contributed by atoms with Crippen LogP contribution in [0.5, 0.6) is 0 Å². The average molecular weight is 701 g/mol. The molecule has 4 rings (SSSR count). The number of halogens is 2. The largest absolute Gasteiger partial charge is 1.00 e. The van der Waals surface area contributed by atoms with E-state index in [2.05, 4.69) is 146 Å². The van der Waals surface area contributed by atoms with Gasteiger partial charge in [0.15, 0.2) is 0 Å². The van der Waals surface area contributed by atoms with E-state index in [-0.39, 0.29) is 34.0 Å². The first kappa shape index (κ1) is 37.8. The van der Waals surface area contributed by atoms with Crippen LogP contribution < -0.4 is 50.9 Å². The third-order valence-electron chi connectivity index (χ3n) is 6.74. The van der Waals surface area contributed by atoms with Crippen molar-refractivity contribution in [2.45, 2.75) is 69.2 Å². The molecule has 0 unspecified atom stereocenters. The third-order valence-corrected chi connectivity index (χ3v) is 12.1. The molecule has 4 aromatic rings. The van der Waals surface area contributed by atoms with Crippen molar-refractivity contribution >= 4 is 8.72 Å². The van der Waals surface area contributed by atoms with Crippen LogP contribution in [-0.4, -0.2) is 8.72 Å². The van der Waals surface area contributed by atoms with Gasteiger partial charge >= 0.3 is 199 Å². The Morgan fingerprint density at radius 2 is 0.537 bits per heavy atom. The Bertz CT molecular complexity index is 1250. The summed E-state index contributed by atoms with van der Waals surface area (Å²) in [6.07, 6.45) is 18.6. The van der Waals surface area contributed by atoms with Gasteiger partial charge in [-0.15, -0.1) is 0 Å². The number of pyridine rings is 4. The second-order valence-corrected chi connectivity index (χ2v) is 15.5. The molecule has 0 N–H and O–H groups in total. The maximum Gasteiger partial charge on any atom is -1.00 e. The Hall–Kier alpha value is -3.24. The maximum atomic E-state index is 7.32. The molecule has 220 valence electrons. The Morgan fingerprint density at radius 1 is 0.415 bits per heavy atom. The first-order valence-corrected chi connectivity index (χ1v) is 15.9. The molecule has 0 saturated carbocycles. The van der Waals surface area contributed by atoms with Gasteiger partial charge in [-0.1, -0.05) is 0 Å². The minimum absolute atomic E-state index is 0. The SMILES string of the molecule is CC#N.CC#N.Cc1cc(C)c[n+]([SiH2-2]([n+]2cc(C)cc(C)c2)([n+]2cc(C)cc(C)c2)[n+]2cc(C)cc(C)c2)c1.[Br-].[Br-]. The zero-order valence-corrected chi connectivity index (χ0v) is 30.7. The van der Waals surface area contributed by atoms with Crippen molar-refractivity contribution in [1.29, 1.82) is 10.5 Å². The fraction of sp³-hybridized carbons (Fsp3) is 0.312. The van der Waals surface area contributed by atoms with Crippen molar-refractivity contribution in [3.63, 3.8) is 0 Å². The van der Waals surface area contributed by atoms with E-state index in [9.17, 15) is 0 Å². The first-order valence-electron chi connectivity index (χ1n) is 13.4. The number of nitrogens with zero attached hydrogens (tertiary/aromatic N) is 6. The van der Waals surface area contributed by atoms with E-state index in [4.69, 9.17) is 10.5 Å². The van der Waals surface area contributed by atoms with Crippen molar-refractivity contribution in [3.05, 3.63) is 118 Å². The molecule has 0 aliphatic carbocycles. The van der Waals surface area contributed by atoms with Crippen LogP contribution in [0, 0.1) is 78.1 Å². The molecule has 0 bridgehead atoms. The smallest absolute Gasteiger partial charge is 1.00 e. The second kappa shape index (κ2) is 16.9. The molecule has 41 heavy (non-hydrogen) atoms. The van der Waals surface area contributed by atoms with Crippen molar-refractivity contribution in [2.75, 3.05) is 0 Å². The number of hydrogen-bond donors (Lipinski definition) is 0. The number of rotatable bonds is 4. The van der Waals surface area contributed by atoms with Crippen LogP contribution >= 0.6 is 0 Å². The number of hydrogen-bond acceptors (Lipinski definition) is 2. The van der Waals surface area contributed by atoms with Gasteiger partial charge in [0.2, 0.25) is 0 Å². The summed E-state index contributed by atoms with van der Waals surface area (Å²) in [4.78, 5) is 0. The van der Waals surface area contributed by atoms with Crippen LogP contribution in [0.3, 0.4) is 0 Å². The molecule has 0 radical (unpaired) electrons. The monoisotopic (exact) mass is 698 g/mol. The molecule has 0 aliphatic heterocycles. The molecule has 0 amide bonds. The topological polar surface area (TPSA) is 63.1 Å². The van der Waals surface area contributed by atoms with E-state index in [1.54, 1.807) is 12.1 Å². The normalized spacial score (nSPS) is 10.1. The van der Waals surface area contributed by atoms with E-state index in [0.29, 0.717) is 0 Å². The molecule has 0 aromatic carbocycles. The summed E-state index contributed by atoms with van der Waals surface area (Å²) in [7, 11) is -3.74. The van der Waals surface area contributed by atoms with Crippen molar-refractivity contribution < 1.29 is 50.9 Å². The maximum absolute atomic E-state index is 7.32. The van der Waals surface area contributed by atoms with Crippen molar-refractivity contribution in [3.8, 4) is 12.1 Å². The molecule has 0 saturated heterocycles. The minimum atomic E-state index is -3.74. The zero-order valence-electron chi connectivity index (χ0n) is 26.1. The van der Waals surface area contributed by atoms with Crippen LogP contribution in [0.2, 0.25) is 0 Å². The summed E-state index contributed by atoms with van der Waals surface area (Å²) in [5.41, 5.74) is 10.2. The van der Waals surface area contributed by atoms with E-state index < -0.39 is 8.72 Å². The first-order chi connectivity index (χ1) is 18.4. The summed E-state index contributed by atoms with van der Waals surface area (Å²) in [6.45, 7) is 20.4. The van der Waals surface area contributed by atoms with Gasteiger partial charge in [0, 0.05) is 13.8 Å². The fourth-order valence-electron chi connectivity index (χ4n) is 6.09. The molecule has 4 aromatic heterocycles. The minimum Gasteiger partial charge on any atom is -1.00 e. The van der Waals surface area contributed by atoms with Crippen molar-refractivity contribution in [2.24, 2.45) is 0 Å². The van der Waals surface area contributed by atoms with Gasteiger partial charge in [0.05, 0.1) is 12.1 Å². The van der Waals surface area contributed by atoms with Gasteiger partial charge in [-0.25, -0.2) is 0 Å². The Labute approximate surface area is 268 Å². The quantitative estimate of drug-likeness (QED) is 0.227. The number of nitriles is 2. The van der Waals surface area contributed by atoms with Gasteiger partial charge in [-0.3, -0.25) is 0 Å². The second-order valence-electron chi connectivity index (χ2n) is 10.9. The van der Waals surface area contributed by atoms with Gasteiger partial charge in [0.25, 0.3) is 0 Å². The van der Waals surface area contributed by atoms with E-state index in [0.717, 1.165) is 0 Å². The van der Waals surface area contributed by atoms with Crippen molar-refractivity contribution in [1.82, 2.24) is 0 Å². The van der Waals surface area contributed by atoms with E-state index in [1.807, 2.05) is 0 Å². The van der Waals surface area contributed by atoms with Crippen LogP contribution in [0.4, 0.5) is 0 Å². The molecular weight excluding hydrogens is 656 g/mol. The Kier molecular flexibility index (Phi) is 15.5. The number of aromatic nitrogens is 4. The third kappa shape index (κ3) is 9.39. The summed E-state index contributed by atoms with van der Waals surface area (Å²) in [5, 5.41) is 14.6.